The fourth-order valence-corrected chi connectivity index (χ4v) is 5.26. The van der Waals surface area contributed by atoms with Crippen LogP contribution in [0.25, 0.3) is 0 Å². The van der Waals surface area contributed by atoms with Crippen LogP contribution in [0.15, 0.2) is 29.8 Å². The number of halogens is 2. The minimum Gasteiger partial charge on any atom is -0.463 e. The van der Waals surface area contributed by atoms with Crippen LogP contribution in [0.2, 0.25) is 5.02 Å². The van der Waals surface area contributed by atoms with Crippen LogP contribution in [-0.2, 0) is 29.9 Å². The Balaban J connectivity index is 1.90. The molecule has 0 saturated carbocycles. The minimum absolute atomic E-state index is 0.0445. The Morgan fingerprint density at radius 1 is 1.48 bits per heavy atom. The third kappa shape index (κ3) is 3.88. The molecule has 0 N–H and O–H groups in total. The summed E-state index contributed by atoms with van der Waals surface area (Å²) in [5.41, 5.74) is -0.111. The zero-order chi connectivity index (χ0) is 18.2. The molecule has 8 heteroatoms. The summed E-state index contributed by atoms with van der Waals surface area (Å²) >= 11 is 5.95. The third-order valence-electron chi connectivity index (χ3n) is 4.43. The average molecular weight is 389 g/mol. The molecule has 5 nitrogen and oxygen atoms in total. The zero-order valence-corrected chi connectivity index (χ0v) is 15.2. The summed E-state index contributed by atoms with van der Waals surface area (Å²) in [4.78, 5) is 12.2. The number of benzene rings is 1. The molecule has 0 amide bonds. The molecular weight excluding hydrogens is 371 g/mol. The number of rotatable bonds is 5. The van der Waals surface area contributed by atoms with E-state index >= 15 is 0 Å². The van der Waals surface area contributed by atoms with E-state index in [2.05, 4.69) is 0 Å². The van der Waals surface area contributed by atoms with Crippen molar-refractivity contribution in [1.29, 1.82) is 0 Å². The second-order valence-corrected chi connectivity index (χ2v) is 8.83. The van der Waals surface area contributed by atoms with Gasteiger partial charge in [0.25, 0.3) is 0 Å². The number of sulfone groups is 1. The molecule has 1 aromatic rings. The molecule has 1 aromatic carbocycles. The van der Waals surface area contributed by atoms with Gasteiger partial charge in [-0.25, -0.2) is 17.6 Å². The lowest BCUT2D eigenvalue weighted by atomic mass is 9.90. The summed E-state index contributed by atoms with van der Waals surface area (Å²) in [7, 11) is -3.74. The van der Waals surface area contributed by atoms with Gasteiger partial charge >= 0.3 is 5.97 Å². The molecule has 1 aliphatic heterocycles. The number of hydrogen-bond donors (Lipinski definition) is 0. The van der Waals surface area contributed by atoms with Crippen LogP contribution in [0.4, 0.5) is 4.39 Å². The van der Waals surface area contributed by atoms with Crippen molar-refractivity contribution in [2.75, 3.05) is 13.2 Å². The van der Waals surface area contributed by atoms with Gasteiger partial charge in [-0.1, -0.05) is 17.7 Å². The molecule has 0 bridgehead atoms. The standard InChI is InChI=1S/C17H18ClFO5S/c1-2-23-16(20)13-8-17(10-24-17)6-5-15(13)25(21,22)9-11-3-4-12(19)7-14(11)18/h3-4,7-8,15H,2,5-6,9-10H2,1H3. The Hall–Kier alpha value is -1.44. The van der Waals surface area contributed by atoms with E-state index in [1.807, 2.05) is 0 Å². The lowest BCUT2D eigenvalue weighted by molar-refractivity contribution is -0.138. The van der Waals surface area contributed by atoms with Gasteiger partial charge in [-0.3, -0.25) is 0 Å². The Labute approximate surface area is 150 Å². The maximum Gasteiger partial charge on any atom is 0.335 e. The summed E-state index contributed by atoms with van der Waals surface area (Å²) in [6.45, 7) is 2.29. The normalized spacial score (nSPS) is 25.6. The molecule has 2 atom stereocenters. The fraction of sp³-hybridized carbons (Fsp3) is 0.471. The smallest absolute Gasteiger partial charge is 0.335 e. The predicted molar refractivity (Wildman–Crippen MR) is 90.5 cm³/mol. The summed E-state index contributed by atoms with van der Waals surface area (Å²) in [5.74, 6) is -1.55. The number of hydrogen-bond acceptors (Lipinski definition) is 5. The number of carbonyl (C=O) groups is 1. The predicted octanol–water partition coefficient (Wildman–Crippen LogP) is 2.81. The van der Waals surface area contributed by atoms with Crippen molar-refractivity contribution in [2.24, 2.45) is 0 Å². The molecule has 1 saturated heterocycles. The molecule has 2 aliphatic rings. The van der Waals surface area contributed by atoms with Crippen LogP contribution >= 0.6 is 11.6 Å². The highest BCUT2D eigenvalue weighted by Crippen LogP contribution is 2.42. The second kappa shape index (κ2) is 6.70. The largest absolute Gasteiger partial charge is 0.463 e. The van der Waals surface area contributed by atoms with Crippen molar-refractivity contribution in [3.8, 4) is 0 Å². The SMILES string of the molecule is CCOC(=O)C1=CC2(CCC1S(=O)(=O)Cc1ccc(F)cc1Cl)CO2. The quantitative estimate of drug-likeness (QED) is 0.573. The van der Waals surface area contributed by atoms with E-state index in [-0.39, 0.29) is 29.4 Å². The monoisotopic (exact) mass is 388 g/mol. The number of esters is 1. The van der Waals surface area contributed by atoms with Crippen molar-refractivity contribution >= 4 is 27.4 Å². The molecule has 0 aromatic heterocycles. The summed E-state index contributed by atoms with van der Waals surface area (Å²) in [5, 5.41) is -0.939. The minimum atomic E-state index is -3.74. The van der Waals surface area contributed by atoms with Gasteiger partial charge in [-0.2, -0.15) is 0 Å². The summed E-state index contributed by atoms with van der Waals surface area (Å²) < 4.78 is 49.3. The van der Waals surface area contributed by atoms with E-state index in [1.54, 1.807) is 13.0 Å². The van der Waals surface area contributed by atoms with Gasteiger partial charge in [0.15, 0.2) is 9.84 Å². The Morgan fingerprint density at radius 3 is 2.80 bits per heavy atom. The first-order valence-corrected chi connectivity index (χ1v) is 10.0. The Morgan fingerprint density at radius 2 is 2.20 bits per heavy atom. The maximum atomic E-state index is 13.2. The van der Waals surface area contributed by atoms with Crippen molar-refractivity contribution in [1.82, 2.24) is 0 Å². The fourth-order valence-electron chi connectivity index (χ4n) is 3.03. The summed E-state index contributed by atoms with van der Waals surface area (Å²) in [6.07, 6.45) is 2.38. The molecule has 2 unspecified atom stereocenters. The third-order valence-corrected chi connectivity index (χ3v) is 6.85. The highest BCUT2D eigenvalue weighted by Gasteiger charge is 2.50. The van der Waals surface area contributed by atoms with Crippen LogP contribution in [0.5, 0.6) is 0 Å². The molecule has 1 aliphatic carbocycles. The van der Waals surface area contributed by atoms with E-state index in [0.717, 1.165) is 12.1 Å². The molecule has 25 heavy (non-hydrogen) atoms. The first-order valence-electron chi connectivity index (χ1n) is 7.96. The van der Waals surface area contributed by atoms with E-state index in [9.17, 15) is 17.6 Å². The molecule has 0 radical (unpaired) electrons. The molecule has 1 fully saturated rings. The lowest BCUT2D eigenvalue weighted by Crippen LogP contribution is -2.35. The van der Waals surface area contributed by atoms with E-state index in [0.29, 0.717) is 18.6 Å². The van der Waals surface area contributed by atoms with Crippen LogP contribution < -0.4 is 0 Å². The second-order valence-electron chi connectivity index (χ2n) is 6.24. The zero-order valence-electron chi connectivity index (χ0n) is 13.6. The van der Waals surface area contributed by atoms with Gasteiger partial charge in [0.2, 0.25) is 0 Å². The topological polar surface area (TPSA) is 73.0 Å². The van der Waals surface area contributed by atoms with Gasteiger partial charge in [-0.05, 0) is 43.5 Å². The molecule has 136 valence electrons. The van der Waals surface area contributed by atoms with Crippen LogP contribution in [-0.4, -0.2) is 38.5 Å². The Bertz CT molecular complexity index is 829. The molecule has 3 rings (SSSR count). The first kappa shape index (κ1) is 18.4. The van der Waals surface area contributed by atoms with Gasteiger partial charge in [0.1, 0.15) is 11.4 Å². The lowest BCUT2D eigenvalue weighted by Gasteiger charge is -2.26. The van der Waals surface area contributed by atoms with Gasteiger partial charge in [0, 0.05) is 5.02 Å². The van der Waals surface area contributed by atoms with Crippen LogP contribution in [0.1, 0.15) is 25.3 Å². The molecule has 1 spiro atoms. The van der Waals surface area contributed by atoms with Crippen molar-refractivity contribution in [3.05, 3.63) is 46.3 Å². The number of epoxide rings is 1. The number of ether oxygens (including phenoxy) is 2. The van der Waals surface area contributed by atoms with Crippen molar-refractivity contribution in [3.63, 3.8) is 0 Å². The van der Waals surface area contributed by atoms with Gasteiger partial charge < -0.3 is 9.47 Å². The molecular formula is C17H18ClFO5S. The highest BCUT2D eigenvalue weighted by atomic mass is 35.5. The van der Waals surface area contributed by atoms with Gasteiger partial charge in [0.05, 0.1) is 29.8 Å². The van der Waals surface area contributed by atoms with Crippen LogP contribution in [0.3, 0.4) is 0 Å². The maximum absolute atomic E-state index is 13.2. The Kier molecular flexibility index (Phi) is 4.92. The highest BCUT2D eigenvalue weighted by molar-refractivity contribution is 7.91. The van der Waals surface area contributed by atoms with Crippen molar-refractivity contribution < 1.29 is 27.1 Å². The van der Waals surface area contributed by atoms with Gasteiger partial charge in [-0.15, -0.1) is 0 Å². The van der Waals surface area contributed by atoms with E-state index in [4.69, 9.17) is 21.1 Å². The van der Waals surface area contributed by atoms with E-state index in [1.165, 1.54) is 6.07 Å². The first-order chi connectivity index (χ1) is 11.8. The number of carbonyl (C=O) groups excluding carboxylic acids is 1. The average Bonchev–Trinajstić information content (AvgIpc) is 3.29. The molecule has 1 heterocycles. The van der Waals surface area contributed by atoms with Crippen molar-refractivity contribution in [2.45, 2.75) is 36.4 Å². The van der Waals surface area contributed by atoms with Crippen LogP contribution in [0, 0.1) is 5.82 Å². The van der Waals surface area contributed by atoms with E-state index < -0.39 is 32.5 Å². The summed E-state index contributed by atoms with van der Waals surface area (Å²) in [6, 6.07) is 3.58.